The monoisotopic (exact) mass is 345 g/mol. The van der Waals surface area contributed by atoms with Gasteiger partial charge >= 0.3 is 0 Å². The Morgan fingerprint density at radius 1 is 1.04 bits per heavy atom. The Labute approximate surface area is 145 Å². The minimum absolute atomic E-state index is 0.00815. The van der Waals surface area contributed by atoms with Crippen LogP contribution in [0.3, 0.4) is 0 Å². The number of hydrogen-bond acceptors (Lipinski definition) is 5. The summed E-state index contributed by atoms with van der Waals surface area (Å²) in [6.45, 7) is 0. The molecule has 0 spiro atoms. The van der Waals surface area contributed by atoms with E-state index in [4.69, 9.17) is 14.2 Å². The van der Waals surface area contributed by atoms with E-state index in [0.717, 1.165) is 16.1 Å². The maximum absolute atomic E-state index is 12.2. The number of methoxy groups -OCH3 is 3. The summed E-state index contributed by atoms with van der Waals surface area (Å²) in [5, 5.41) is 2.92. The molecule has 126 valence electrons. The van der Waals surface area contributed by atoms with Crippen molar-refractivity contribution in [3.05, 3.63) is 42.0 Å². The molecule has 2 aromatic carbocycles. The number of nitrogens with one attached hydrogen (secondary N) is 1. The molecule has 1 aliphatic heterocycles. The van der Waals surface area contributed by atoms with Gasteiger partial charge in [-0.25, -0.2) is 0 Å². The predicted octanol–water partition coefficient (Wildman–Crippen LogP) is 3.89. The molecule has 0 saturated heterocycles. The van der Waals surface area contributed by atoms with Gasteiger partial charge in [-0.05, 0) is 29.8 Å². The van der Waals surface area contributed by atoms with Crippen LogP contribution in [0.1, 0.15) is 17.2 Å². The van der Waals surface area contributed by atoms with Crippen LogP contribution >= 0.6 is 11.8 Å². The fraction of sp³-hybridized carbons (Fsp3) is 0.278. The molecular formula is C18H19NO4S. The molecule has 1 aliphatic rings. The molecule has 1 heterocycles. The summed E-state index contributed by atoms with van der Waals surface area (Å²) < 4.78 is 16.2. The normalized spacial score (nSPS) is 16.6. The Morgan fingerprint density at radius 2 is 1.71 bits per heavy atom. The molecule has 0 unspecified atom stereocenters. The van der Waals surface area contributed by atoms with E-state index in [1.807, 2.05) is 36.4 Å². The number of carbonyl (C=O) groups excluding carboxylic acids is 1. The first kappa shape index (κ1) is 16.5. The molecule has 0 bridgehead atoms. The average molecular weight is 345 g/mol. The minimum Gasteiger partial charge on any atom is -0.493 e. The van der Waals surface area contributed by atoms with Crippen LogP contribution in [0.25, 0.3) is 0 Å². The molecule has 0 saturated carbocycles. The number of ether oxygens (including phenoxy) is 3. The van der Waals surface area contributed by atoms with Crippen molar-refractivity contribution in [1.82, 2.24) is 0 Å². The van der Waals surface area contributed by atoms with Gasteiger partial charge in [-0.2, -0.15) is 0 Å². The van der Waals surface area contributed by atoms with E-state index in [1.165, 1.54) is 0 Å². The van der Waals surface area contributed by atoms with E-state index in [9.17, 15) is 4.79 Å². The van der Waals surface area contributed by atoms with Gasteiger partial charge in [0.15, 0.2) is 11.5 Å². The summed E-state index contributed by atoms with van der Waals surface area (Å²) in [4.78, 5) is 13.3. The molecule has 0 aromatic heterocycles. The van der Waals surface area contributed by atoms with Gasteiger partial charge in [0.25, 0.3) is 0 Å². The predicted molar refractivity (Wildman–Crippen MR) is 94.4 cm³/mol. The highest BCUT2D eigenvalue weighted by Gasteiger charge is 2.25. The smallest absolute Gasteiger partial charge is 0.225 e. The quantitative estimate of drug-likeness (QED) is 0.911. The van der Waals surface area contributed by atoms with Crippen LogP contribution in [0, 0.1) is 0 Å². The van der Waals surface area contributed by atoms with Gasteiger partial charge < -0.3 is 19.5 Å². The van der Waals surface area contributed by atoms with Crippen LogP contribution < -0.4 is 19.5 Å². The molecule has 2 aromatic rings. The molecule has 1 amide bonds. The van der Waals surface area contributed by atoms with Crippen molar-refractivity contribution in [2.45, 2.75) is 16.6 Å². The lowest BCUT2D eigenvalue weighted by molar-refractivity contribution is -0.116. The van der Waals surface area contributed by atoms with Gasteiger partial charge in [-0.15, -0.1) is 11.8 Å². The van der Waals surface area contributed by atoms with Crippen molar-refractivity contribution in [1.29, 1.82) is 0 Å². The molecule has 5 nitrogen and oxygen atoms in total. The van der Waals surface area contributed by atoms with Crippen LogP contribution in [-0.2, 0) is 4.79 Å². The van der Waals surface area contributed by atoms with Gasteiger partial charge in [0, 0.05) is 16.6 Å². The van der Waals surface area contributed by atoms with E-state index < -0.39 is 0 Å². The highest BCUT2D eigenvalue weighted by molar-refractivity contribution is 7.99. The lowest BCUT2D eigenvalue weighted by atomic mass is 10.1. The van der Waals surface area contributed by atoms with Crippen molar-refractivity contribution in [3.8, 4) is 17.2 Å². The van der Waals surface area contributed by atoms with Crippen molar-refractivity contribution >= 4 is 23.4 Å². The summed E-state index contributed by atoms with van der Waals surface area (Å²) in [5.74, 6) is 1.72. The largest absolute Gasteiger partial charge is 0.493 e. The summed E-state index contributed by atoms with van der Waals surface area (Å²) in [6.07, 6.45) is 0.373. The fourth-order valence-corrected chi connectivity index (χ4v) is 3.93. The maximum atomic E-state index is 12.2. The number of anilines is 1. The van der Waals surface area contributed by atoms with Crippen LogP contribution in [0.2, 0.25) is 0 Å². The van der Waals surface area contributed by atoms with Gasteiger partial charge in [0.05, 0.1) is 27.0 Å². The average Bonchev–Trinajstić information content (AvgIpc) is 2.78. The molecule has 24 heavy (non-hydrogen) atoms. The zero-order valence-electron chi connectivity index (χ0n) is 13.8. The Balaban J connectivity index is 2.03. The summed E-state index contributed by atoms with van der Waals surface area (Å²) in [7, 11) is 4.75. The SMILES string of the molecule is COc1cc([C@H]2CC(=O)Nc3ccccc3S2)cc(OC)c1OC. The topological polar surface area (TPSA) is 56.8 Å². The molecule has 0 aliphatic carbocycles. The maximum Gasteiger partial charge on any atom is 0.225 e. The molecular weight excluding hydrogens is 326 g/mol. The van der Waals surface area contributed by atoms with Crippen molar-refractivity contribution in [2.24, 2.45) is 0 Å². The van der Waals surface area contributed by atoms with Crippen molar-refractivity contribution in [3.63, 3.8) is 0 Å². The van der Waals surface area contributed by atoms with Crippen molar-refractivity contribution in [2.75, 3.05) is 26.6 Å². The fourth-order valence-electron chi connectivity index (χ4n) is 2.71. The molecule has 0 radical (unpaired) electrons. The van der Waals surface area contributed by atoms with E-state index in [1.54, 1.807) is 33.1 Å². The third kappa shape index (κ3) is 3.14. The molecule has 6 heteroatoms. The van der Waals surface area contributed by atoms with Crippen LogP contribution in [-0.4, -0.2) is 27.2 Å². The Hall–Kier alpha value is -2.34. The second kappa shape index (κ2) is 7.05. The summed E-state index contributed by atoms with van der Waals surface area (Å²) in [6, 6.07) is 11.6. The van der Waals surface area contributed by atoms with Crippen LogP contribution in [0.15, 0.2) is 41.3 Å². The molecule has 3 rings (SSSR count). The number of rotatable bonds is 4. The summed E-state index contributed by atoms with van der Waals surface area (Å²) >= 11 is 1.65. The van der Waals surface area contributed by atoms with Crippen LogP contribution in [0.5, 0.6) is 17.2 Å². The number of benzene rings is 2. The molecule has 1 atom stereocenters. The lowest BCUT2D eigenvalue weighted by Crippen LogP contribution is -2.12. The van der Waals surface area contributed by atoms with Gasteiger partial charge in [-0.1, -0.05) is 12.1 Å². The number of amides is 1. The summed E-state index contributed by atoms with van der Waals surface area (Å²) in [5.41, 5.74) is 1.81. The lowest BCUT2D eigenvalue weighted by Gasteiger charge is -2.18. The second-order valence-electron chi connectivity index (χ2n) is 5.31. The Kier molecular flexibility index (Phi) is 4.85. The van der Waals surface area contributed by atoms with Gasteiger partial charge in [0.2, 0.25) is 11.7 Å². The number of hydrogen-bond donors (Lipinski definition) is 1. The third-order valence-electron chi connectivity index (χ3n) is 3.86. The Morgan fingerprint density at radius 3 is 2.33 bits per heavy atom. The Bertz CT molecular complexity index is 737. The number of carbonyl (C=O) groups is 1. The highest BCUT2D eigenvalue weighted by atomic mass is 32.2. The van der Waals surface area contributed by atoms with E-state index in [0.29, 0.717) is 23.7 Å². The minimum atomic E-state index is -0.0395. The zero-order valence-corrected chi connectivity index (χ0v) is 14.6. The molecule has 1 N–H and O–H groups in total. The third-order valence-corrected chi connectivity index (χ3v) is 5.19. The van der Waals surface area contributed by atoms with Crippen LogP contribution in [0.4, 0.5) is 5.69 Å². The standard InChI is InChI=1S/C18H19NO4S/c1-21-13-8-11(9-14(22-2)18(13)23-3)16-10-17(20)19-12-6-4-5-7-15(12)24-16/h4-9,16H,10H2,1-3H3,(H,19,20)/t16-/m1/s1. The first-order valence-electron chi connectivity index (χ1n) is 7.51. The number of para-hydroxylation sites is 1. The van der Waals surface area contributed by atoms with Gasteiger partial charge in [-0.3, -0.25) is 4.79 Å². The second-order valence-corrected chi connectivity index (χ2v) is 6.56. The van der Waals surface area contributed by atoms with E-state index in [2.05, 4.69) is 5.32 Å². The first-order chi connectivity index (χ1) is 11.7. The van der Waals surface area contributed by atoms with Gasteiger partial charge in [0.1, 0.15) is 0 Å². The number of fused-ring (bicyclic) bond motifs is 1. The molecule has 0 fully saturated rings. The van der Waals surface area contributed by atoms with Crippen molar-refractivity contribution < 1.29 is 19.0 Å². The zero-order chi connectivity index (χ0) is 17.1. The van der Waals surface area contributed by atoms with E-state index >= 15 is 0 Å². The van der Waals surface area contributed by atoms with E-state index in [-0.39, 0.29) is 11.2 Å². The highest BCUT2D eigenvalue weighted by Crippen LogP contribution is 2.47. The number of thioether (sulfide) groups is 1. The first-order valence-corrected chi connectivity index (χ1v) is 8.39.